The van der Waals surface area contributed by atoms with Crippen LogP contribution in [-0.4, -0.2) is 5.11 Å². The van der Waals surface area contributed by atoms with Gasteiger partial charge >= 0.3 is 0 Å². The standard InChI is InChI=1S/C24H12Cl2O5/c25-14-5-1-3-12(7-14)16-10-30-19-9-18(27)20-22(28)17(13-4-2-6-15(26)8-13)11-31-24(20)21(19)23(16)29/h1-11,27H. The van der Waals surface area contributed by atoms with Crippen molar-refractivity contribution in [1.82, 2.24) is 0 Å². The molecule has 0 spiro atoms. The molecule has 1 N–H and O–H groups in total. The molecule has 0 aliphatic heterocycles. The summed E-state index contributed by atoms with van der Waals surface area (Å²) in [6.45, 7) is 0. The van der Waals surface area contributed by atoms with Crippen molar-refractivity contribution in [3.8, 4) is 28.0 Å². The molecule has 31 heavy (non-hydrogen) atoms. The van der Waals surface area contributed by atoms with E-state index in [1.54, 1.807) is 48.5 Å². The fraction of sp³-hybridized carbons (Fsp3) is 0. The van der Waals surface area contributed by atoms with Gasteiger partial charge in [-0.15, -0.1) is 0 Å². The summed E-state index contributed by atoms with van der Waals surface area (Å²) in [6.07, 6.45) is 2.54. The highest BCUT2D eigenvalue weighted by Crippen LogP contribution is 2.33. The van der Waals surface area contributed by atoms with Gasteiger partial charge in [-0.05, 0) is 35.4 Å². The summed E-state index contributed by atoms with van der Waals surface area (Å²) in [5, 5.41) is 11.4. The van der Waals surface area contributed by atoms with E-state index in [0.717, 1.165) is 0 Å². The van der Waals surface area contributed by atoms with E-state index in [1.165, 1.54) is 18.6 Å². The lowest BCUT2D eigenvalue weighted by Crippen LogP contribution is -2.09. The summed E-state index contributed by atoms with van der Waals surface area (Å²) in [5.74, 6) is -0.348. The fourth-order valence-corrected chi connectivity index (χ4v) is 3.97. The van der Waals surface area contributed by atoms with Crippen molar-refractivity contribution in [3.63, 3.8) is 0 Å². The number of phenols is 1. The third kappa shape index (κ3) is 3.19. The molecule has 0 fully saturated rings. The van der Waals surface area contributed by atoms with Crippen LogP contribution in [0.5, 0.6) is 5.75 Å². The van der Waals surface area contributed by atoms with Crippen LogP contribution in [0.15, 0.2) is 85.5 Å². The van der Waals surface area contributed by atoms with Crippen molar-refractivity contribution in [2.75, 3.05) is 0 Å². The van der Waals surface area contributed by atoms with E-state index in [4.69, 9.17) is 32.0 Å². The number of hydrogen-bond acceptors (Lipinski definition) is 5. The Balaban J connectivity index is 1.85. The van der Waals surface area contributed by atoms with Gasteiger partial charge in [0.1, 0.15) is 34.6 Å². The highest BCUT2D eigenvalue weighted by molar-refractivity contribution is 6.31. The Bertz CT molecular complexity index is 1620. The third-order valence-electron chi connectivity index (χ3n) is 5.04. The van der Waals surface area contributed by atoms with E-state index in [-0.39, 0.29) is 38.8 Å². The molecule has 152 valence electrons. The zero-order valence-corrected chi connectivity index (χ0v) is 17.2. The second-order valence-corrected chi connectivity index (χ2v) is 7.82. The zero-order valence-electron chi connectivity index (χ0n) is 15.7. The van der Waals surface area contributed by atoms with Crippen molar-refractivity contribution in [2.24, 2.45) is 0 Å². The van der Waals surface area contributed by atoms with Crippen LogP contribution in [0, 0.1) is 0 Å². The van der Waals surface area contributed by atoms with Crippen LogP contribution < -0.4 is 10.9 Å². The number of rotatable bonds is 2. The maximum absolute atomic E-state index is 13.3. The Morgan fingerprint density at radius 3 is 1.84 bits per heavy atom. The normalized spacial score (nSPS) is 11.3. The van der Waals surface area contributed by atoms with Crippen LogP contribution >= 0.6 is 23.2 Å². The number of benzene rings is 3. The molecule has 5 nitrogen and oxygen atoms in total. The van der Waals surface area contributed by atoms with Gasteiger partial charge in [-0.25, -0.2) is 0 Å². The van der Waals surface area contributed by atoms with Crippen LogP contribution in [0.1, 0.15) is 0 Å². The predicted molar refractivity (Wildman–Crippen MR) is 121 cm³/mol. The summed E-state index contributed by atoms with van der Waals surface area (Å²) >= 11 is 12.1. The number of halogens is 2. The molecule has 0 saturated carbocycles. The van der Waals surface area contributed by atoms with Crippen LogP contribution in [0.4, 0.5) is 0 Å². The van der Waals surface area contributed by atoms with E-state index < -0.39 is 10.9 Å². The molecule has 0 saturated heterocycles. The first-order valence-electron chi connectivity index (χ1n) is 9.19. The van der Waals surface area contributed by atoms with Crippen LogP contribution in [-0.2, 0) is 0 Å². The lowest BCUT2D eigenvalue weighted by atomic mass is 10.0. The van der Waals surface area contributed by atoms with Crippen molar-refractivity contribution >= 4 is 45.1 Å². The molecule has 0 bridgehead atoms. The van der Waals surface area contributed by atoms with Crippen LogP contribution in [0.3, 0.4) is 0 Å². The quantitative estimate of drug-likeness (QED) is 0.321. The molecule has 0 atom stereocenters. The van der Waals surface area contributed by atoms with E-state index in [0.29, 0.717) is 21.2 Å². The molecule has 0 amide bonds. The largest absolute Gasteiger partial charge is 0.507 e. The second kappa shape index (κ2) is 7.30. The Morgan fingerprint density at radius 2 is 1.26 bits per heavy atom. The van der Waals surface area contributed by atoms with Crippen molar-refractivity contribution < 1.29 is 13.9 Å². The van der Waals surface area contributed by atoms with E-state index in [2.05, 4.69) is 0 Å². The molecule has 5 rings (SSSR count). The van der Waals surface area contributed by atoms with E-state index >= 15 is 0 Å². The monoisotopic (exact) mass is 450 g/mol. The SMILES string of the molecule is O=c1c(-c2cccc(Cl)c2)coc2c1c(O)cc1occ(-c3cccc(Cl)c3)c(=O)c12. The molecule has 7 heteroatoms. The van der Waals surface area contributed by atoms with Gasteiger partial charge in [0, 0.05) is 16.1 Å². The molecule has 3 aromatic carbocycles. The number of phenolic OH excluding ortho intramolecular Hbond substituents is 1. The van der Waals surface area contributed by atoms with Crippen LogP contribution in [0.2, 0.25) is 10.0 Å². The lowest BCUT2D eigenvalue weighted by molar-refractivity contribution is 0.478. The average Bonchev–Trinajstić information content (AvgIpc) is 2.74. The Hall–Kier alpha value is -3.54. The van der Waals surface area contributed by atoms with Crippen molar-refractivity contribution in [1.29, 1.82) is 0 Å². The van der Waals surface area contributed by atoms with E-state index in [9.17, 15) is 14.7 Å². The Kier molecular flexibility index (Phi) is 4.58. The van der Waals surface area contributed by atoms with Gasteiger partial charge in [0.2, 0.25) is 10.9 Å². The molecule has 5 aromatic rings. The highest BCUT2D eigenvalue weighted by atomic mass is 35.5. The molecular formula is C24H12Cl2O5. The summed E-state index contributed by atoms with van der Waals surface area (Å²) in [6, 6.07) is 14.7. The number of fused-ring (bicyclic) bond motifs is 3. The summed E-state index contributed by atoms with van der Waals surface area (Å²) < 4.78 is 11.3. The fourth-order valence-electron chi connectivity index (χ4n) is 3.59. The first kappa shape index (κ1) is 19.4. The minimum Gasteiger partial charge on any atom is -0.507 e. The highest BCUT2D eigenvalue weighted by Gasteiger charge is 2.20. The maximum atomic E-state index is 13.3. The average molecular weight is 451 g/mol. The summed E-state index contributed by atoms with van der Waals surface area (Å²) in [4.78, 5) is 26.5. The van der Waals surface area contributed by atoms with Gasteiger partial charge in [-0.3, -0.25) is 9.59 Å². The van der Waals surface area contributed by atoms with Crippen molar-refractivity contribution in [2.45, 2.75) is 0 Å². The van der Waals surface area contributed by atoms with Gasteiger partial charge in [0.25, 0.3) is 0 Å². The number of aromatic hydroxyl groups is 1. The molecule has 0 unspecified atom stereocenters. The lowest BCUT2D eigenvalue weighted by Gasteiger charge is -2.08. The van der Waals surface area contributed by atoms with E-state index in [1.807, 2.05) is 0 Å². The van der Waals surface area contributed by atoms with Gasteiger partial charge < -0.3 is 13.9 Å². The smallest absolute Gasteiger partial charge is 0.204 e. The molecule has 2 heterocycles. The molecular weight excluding hydrogens is 439 g/mol. The molecule has 0 aliphatic carbocycles. The molecule has 0 radical (unpaired) electrons. The third-order valence-corrected chi connectivity index (χ3v) is 5.51. The topological polar surface area (TPSA) is 80.7 Å². The minimum atomic E-state index is -0.490. The summed E-state index contributed by atoms with van der Waals surface area (Å²) in [7, 11) is 0. The van der Waals surface area contributed by atoms with Gasteiger partial charge in [-0.1, -0.05) is 47.5 Å². The summed E-state index contributed by atoms with van der Waals surface area (Å²) in [5.41, 5.74) is 0.693. The number of hydrogen-bond donors (Lipinski definition) is 1. The van der Waals surface area contributed by atoms with Crippen LogP contribution in [0.25, 0.3) is 44.2 Å². The minimum absolute atomic E-state index is 0.0524. The van der Waals surface area contributed by atoms with Gasteiger partial charge in [0.05, 0.1) is 11.1 Å². The molecule has 2 aromatic heterocycles. The first-order chi connectivity index (χ1) is 14.9. The zero-order chi connectivity index (χ0) is 21.7. The van der Waals surface area contributed by atoms with Gasteiger partial charge in [-0.2, -0.15) is 0 Å². The second-order valence-electron chi connectivity index (χ2n) is 6.95. The molecule has 0 aliphatic rings. The Labute approximate surface area is 184 Å². The van der Waals surface area contributed by atoms with Gasteiger partial charge in [0.15, 0.2) is 5.58 Å². The predicted octanol–water partition coefficient (Wildman–Crippen LogP) is 6.25. The van der Waals surface area contributed by atoms with Crippen molar-refractivity contribution in [3.05, 3.63) is 97.6 Å². The Morgan fingerprint density at radius 1 is 0.710 bits per heavy atom. The first-order valence-corrected chi connectivity index (χ1v) is 9.94. The maximum Gasteiger partial charge on any atom is 0.204 e.